The number of benzene rings is 2. The van der Waals surface area contributed by atoms with E-state index in [2.05, 4.69) is 34.1 Å². The maximum atomic E-state index is 13.2. The molecule has 130 valence electrons. The van der Waals surface area contributed by atoms with Crippen molar-refractivity contribution in [3.63, 3.8) is 0 Å². The molecule has 26 heavy (non-hydrogen) atoms. The van der Waals surface area contributed by atoms with Crippen LogP contribution < -0.4 is 5.69 Å². The average Bonchev–Trinajstić information content (AvgIpc) is 3.06. The second-order valence-electron chi connectivity index (χ2n) is 5.86. The Morgan fingerprint density at radius 2 is 1.92 bits per heavy atom. The second kappa shape index (κ2) is 6.76. The number of nitrogens with one attached hydrogen (secondary N) is 1. The van der Waals surface area contributed by atoms with Crippen molar-refractivity contribution in [2.24, 2.45) is 0 Å². The van der Waals surface area contributed by atoms with E-state index in [1.54, 1.807) is 18.3 Å². The number of hydrogen-bond donors (Lipinski definition) is 1. The van der Waals surface area contributed by atoms with Gasteiger partial charge in [-0.05, 0) is 35.7 Å². The summed E-state index contributed by atoms with van der Waals surface area (Å²) in [6, 6.07) is 14.1. The molecule has 2 heterocycles. The average molecular weight is 366 g/mol. The Labute approximate surface area is 152 Å². The number of aromatic nitrogens is 4. The van der Waals surface area contributed by atoms with Gasteiger partial charge in [0.15, 0.2) is 10.8 Å². The zero-order valence-electron chi connectivity index (χ0n) is 13.9. The van der Waals surface area contributed by atoms with E-state index in [1.165, 1.54) is 39.5 Å². The zero-order chi connectivity index (χ0) is 18.1. The van der Waals surface area contributed by atoms with Gasteiger partial charge in [0.05, 0.1) is 6.20 Å². The molecule has 0 saturated carbocycles. The number of aromatic amines is 1. The van der Waals surface area contributed by atoms with Crippen LogP contribution in [0.3, 0.4) is 0 Å². The van der Waals surface area contributed by atoms with Gasteiger partial charge < -0.3 is 0 Å². The molecular formula is C19H15FN4OS. The van der Waals surface area contributed by atoms with Gasteiger partial charge in [-0.15, -0.1) is 0 Å². The predicted molar refractivity (Wildman–Crippen MR) is 99.7 cm³/mol. The van der Waals surface area contributed by atoms with Gasteiger partial charge in [-0.25, -0.2) is 14.2 Å². The molecule has 7 heteroatoms. The van der Waals surface area contributed by atoms with Crippen LogP contribution in [-0.2, 0) is 5.75 Å². The minimum absolute atomic E-state index is 0.314. The molecule has 1 N–H and O–H groups in total. The lowest BCUT2D eigenvalue weighted by Crippen LogP contribution is -2.19. The molecule has 0 aliphatic carbocycles. The lowest BCUT2D eigenvalue weighted by atomic mass is 10.1. The molecule has 0 amide bonds. The van der Waals surface area contributed by atoms with Crippen molar-refractivity contribution < 1.29 is 4.39 Å². The highest BCUT2D eigenvalue weighted by Crippen LogP contribution is 2.25. The number of hydrogen-bond acceptors (Lipinski definition) is 4. The molecule has 0 aliphatic rings. The van der Waals surface area contributed by atoms with Gasteiger partial charge in [0.25, 0.3) is 0 Å². The summed E-state index contributed by atoms with van der Waals surface area (Å²) in [5.41, 5.74) is 3.93. The van der Waals surface area contributed by atoms with Crippen molar-refractivity contribution in [3.8, 4) is 11.1 Å². The third-order valence-corrected chi connectivity index (χ3v) is 5.06. The fourth-order valence-electron chi connectivity index (χ4n) is 2.69. The SMILES string of the molecule is Cc1ccccc1CSc1nc2c(-c3ccc(F)cc3)cnn2c(=O)[nH]1. The van der Waals surface area contributed by atoms with Crippen molar-refractivity contribution in [2.45, 2.75) is 17.8 Å². The van der Waals surface area contributed by atoms with Gasteiger partial charge in [0, 0.05) is 11.3 Å². The maximum Gasteiger partial charge on any atom is 0.350 e. The summed E-state index contributed by atoms with van der Waals surface area (Å²) in [5, 5.41) is 4.62. The first kappa shape index (κ1) is 16.5. The Morgan fingerprint density at radius 1 is 1.15 bits per heavy atom. The van der Waals surface area contributed by atoms with Gasteiger partial charge in [-0.2, -0.15) is 9.61 Å². The molecular weight excluding hydrogens is 351 g/mol. The number of thioether (sulfide) groups is 1. The summed E-state index contributed by atoms with van der Waals surface area (Å²) in [4.78, 5) is 19.6. The molecule has 0 radical (unpaired) electrons. The highest BCUT2D eigenvalue weighted by atomic mass is 32.2. The summed E-state index contributed by atoms with van der Waals surface area (Å²) >= 11 is 1.46. The van der Waals surface area contributed by atoms with Crippen molar-refractivity contribution in [3.05, 3.63) is 82.2 Å². The highest BCUT2D eigenvalue weighted by molar-refractivity contribution is 7.98. The maximum absolute atomic E-state index is 13.2. The summed E-state index contributed by atoms with van der Waals surface area (Å²) in [5.74, 6) is 0.386. The lowest BCUT2D eigenvalue weighted by molar-refractivity contribution is 0.628. The van der Waals surface area contributed by atoms with Crippen LogP contribution in [-0.4, -0.2) is 19.6 Å². The molecule has 0 bridgehead atoms. The van der Waals surface area contributed by atoms with Crippen LogP contribution in [0.5, 0.6) is 0 Å². The summed E-state index contributed by atoms with van der Waals surface area (Å²) in [6.45, 7) is 2.05. The smallest absolute Gasteiger partial charge is 0.285 e. The van der Waals surface area contributed by atoms with E-state index in [0.717, 1.165) is 5.56 Å². The third kappa shape index (κ3) is 3.13. The van der Waals surface area contributed by atoms with E-state index in [9.17, 15) is 9.18 Å². The van der Waals surface area contributed by atoms with Crippen LogP contribution in [0, 0.1) is 12.7 Å². The Hall–Kier alpha value is -2.93. The fraction of sp³-hybridized carbons (Fsp3) is 0.105. The minimum atomic E-state index is -0.351. The standard InChI is InChI=1S/C19H15FN4OS/c1-12-4-2-3-5-14(12)11-26-18-22-17-16(10-21-24(17)19(25)23-18)13-6-8-15(20)9-7-13/h2-10H,11H2,1H3,(H,22,23,25). The molecule has 4 aromatic rings. The van der Waals surface area contributed by atoms with E-state index >= 15 is 0 Å². The summed E-state index contributed by atoms with van der Waals surface area (Å²) in [6.07, 6.45) is 1.57. The van der Waals surface area contributed by atoms with Crippen LogP contribution in [0.15, 0.2) is 64.7 Å². The van der Waals surface area contributed by atoms with Crippen LogP contribution >= 0.6 is 11.8 Å². The van der Waals surface area contributed by atoms with Crippen molar-refractivity contribution in [1.82, 2.24) is 19.6 Å². The molecule has 4 rings (SSSR count). The molecule has 0 spiro atoms. The summed E-state index contributed by atoms with van der Waals surface area (Å²) in [7, 11) is 0. The number of rotatable bonds is 4. The number of fused-ring (bicyclic) bond motifs is 1. The minimum Gasteiger partial charge on any atom is -0.285 e. The molecule has 0 unspecified atom stereocenters. The molecule has 0 saturated heterocycles. The first-order valence-corrected chi connectivity index (χ1v) is 9.02. The zero-order valence-corrected chi connectivity index (χ0v) is 14.8. The lowest BCUT2D eigenvalue weighted by Gasteiger charge is -2.05. The molecule has 0 atom stereocenters. The van der Waals surface area contributed by atoms with Gasteiger partial charge >= 0.3 is 5.69 Å². The Morgan fingerprint density at radius 3 is 2.69 bits per heavy atom. The van der Waals surface area contributed by atoms with Crippen LogP contribution in [0.2, 0.25) is 0 Å². The molecule has 2 aromatic carbocycles. The molecule has 0 fully saturated rings. The van der Waals surface area contributed by atoms with E-state index in [0.29, 0.717) is 22.1 Å². The first-order valence-electron chi connectivity index (χ1n) is 8.03. The number of halogens is 1. The Kier molecular flexibility index (Phi) is 4.30. The molecule has 5 nitrogen and oxygen atoms in total. The van der Waals surface area contributed by atoms with E-state index in [4.69, 9.17) is 0 Å². The predicted octanol–water partition coefficient (Wildman–Crippen LogP) is 3.82. The van der Waals surface area contributed by atoms with E-state index in [-0.39, 0.29) is 11.5 Å². The van der Waals surface area contributed by atoms with Crippen LogP contribution in [0.1, 0.15) is 11.1 Å². The van der Waals surface area contributed by atoms with Gasteiger partial charge in [-0.3, -0.25) is 4.98 Å². The van der Waals surface area contributed by atoms with Crippen LogP contribution in [0.4, 0.5) is 4.39 Å². The third-order valence-electron chi connectivity index (χ3n) is 4.14. The van der Waals surface area contributed by atoms with E-state index < -0.39 is 0 Å². The molecule has 2 aromatic heterocycles. The number of H-pyrrole nitrogens is 1. The largest absolute Gasteiger partial charge is 0.350 e. The normalized spacial score (nSPS) is 11.2. The Balaban J connectivity index is 1.71. The Bertz CT molecular complexity index is 1130. The monoisotopic (exact) mass is 366 g/mol. The topological polar surface area (TPSA) is 63.1 Å². The van der Waals surface area contributed by atoms with Crippen LogP contribution in [0.25, 0.3) is 16.8 Å². The molecule has 0 aliphatic heterocycles. The second-order valence-corrected chi connectivity index (χ2v) is 6.83. The summed E-state index contributed by atoms with van der Waals surface area (Å²) < 4.78 is 14.4. The highest BCUT2D eigenvalue weighted by Gasteiger charge is 2.12. The van der Waals surface area contributed by atoms with E-state index in [1.807, 2.05) is 12.1 Å². The van der Waals surface area contributed by atoms with Crippen molar-refractivity contribution in [2.75, 3.05) is 0 Å². The fourth-order valence-corrected chi connectivity index (χ4v) is 3.61. The van der Waals surface area contributed by atoms with Crippen molar-refractivity contribution in [1.29, 1.82) is 0 Å². The van der Waals surface area contributed by atoms with Crippen molar-refractivity contribution >= 4 is 17.4 Å². The van der Waals surface area contributed by atoms with Gasteiger partial charge in [0.2, 0.25) is 0 Å². The first-order chi connectivity index (χ1) is 12.6. The van der Waals surface area contributed by atoms with Gasteiger partial charge in [-0.1, -0.05) is 48.2 Å². The quantitative estimate of drug-likeness (QED) is 0.558. The number of nitrogens with zero attached hydrogens (tertiary/aromatic N) is 3. The number of aryl methyl sites for hydroxylation is 1. The van der Waals surface area contributed by atoms with Gasteiger partial charge in [0.1, 0.15) is 5.82 Å².